The van der Waals surface area contributed by atoms with E-state index in [0.29, 0.717) is 31.1 Å². The van der Waals surface area contributed by atoms with Crippen molar-refractivity contribution in [2.75, 3.05) is 32.7 Å². The summed E-state index contributed by atoms with van der Waals surface area (Å²) in [5.41, 5.74) is 0.495. The number of piperidine rings is 1. The molecule has 126 valence electrons. The first-order valence-electron chi connectivity index (χ1n) is 8.16. The zero-order chi connectivity index (χ0) is 16.3. The van der Waals surface area contributed by atoms with Crippen molar-refractivity contribution in [3.63, 3.8) is 0 Å². The van der Waals surface area contributed by atoms with E-state index in [1.807, 2.05) is 0 Å². The Balaban J connectivity index is 1.64. The summed E-state index contributed by atoms with van der Waals surface area (Å²) in [6.45, 7) is 3.69. The number of carbonyl (C=O) groups is 1. The Hall–Kier alpha value is -1.44. The lowest BCUT2D eigenvalue weighted by Gasteiger charge is -2.27. The number of sulfonamides is 1. The second-order valence-electron chi connectivity index (χ2n) is 6.22. The van der Waals surface area contributed by atoms with Crippen LogP contribution in [0.3, 0.4) is 0 Å². The second-order valence-corrected chi connectivity index (χ2v) is 8.16. The smallest absolute Gasteiger partial charge is 0.251 e. The minimum absolute atomic E-state index is 0.154. The van der Waals surface area contributed by atoms with Gasteiger partial charge < -0.3 is 10.6 Å². The highest BCUT2D eigenvalue weighted by Gasteiger charge is 2.26. The molecule has 6 nitrogen and oxygen atoms in total. The molecule has 1 amide bonds. The topological polar surface area (TPSA) is 78.5 Å². The molecule has 0 spiro atoms. The largest absolute Gasteiger partial charge is 0.352 e. The molecule has 2 fully saturated rings. The van der Waals surface area contributed by atoms with Crippen LogP contribution < -0.4 is 10.6 Å². The van der Waals surface area contributed by atoms with Gasteiger partial charge in [0, 0.05) is 44.2 Å². The van der Waals surface area contributed by atoms with Gasteiger partial charge in [0.15, 0.2) is 0 Å². The van der Waals surface area contributed by atoms with Gasteiger partial charge in [-0.05, 0) is 37.1 Å². The van der Waals surface area contributed by atoms with Crippen LogP contribution in [0, 0.1) is 5.92 Å². The van der Waals surface area contributed by atoms with Crippen molar-refractivity contribution < 1.29 is 13.2 Å². The molecular formula is C16H23N3O3S. The van der Waals surface area contributed by atoms with E-state index in [-0.39, 0.29) is 10.8 Å². The van der Waals surface area contributed by atoms with Crippen LogP contribution in [0.4, 0.5) is 0 Å². The van der Waals surface area contributed by atoms with Gasteiger partial charge in [-0.2, -0.15) is 4.31 Å². The van der Waals surface area contributed by atoms with Crippen LogP contribution in [-0.2, 0) is 10.0 Å². The standard InChI is InChI=1S/C16H23N3O3S/c20-16(18-12-13-10-17-11-13)14-4-6-15(7-5-14)23(21,22)19-8-2-1-3-9-19/h4-7,13,17H,1-3,8-12H2,(H,18,20). The quantitative estimate of drug-likeness (QED) is 0.833. The van der Waals surface area contributed by atoms with E-state index in [1.165, 1.54) is 16.4 Å². The molecule has 1 aromatic carbocycles. The summed E-state index contributed by atoms with van der Waals surface area (Å²) in [6, 6.07) is 6.24. The van der Waals surface area contributed by atoms with Crippen molar-refractivity contribution >= 4 is 15.9 Å². The number of rotatable bonds is 5. The van der Waals surface area contributed by atoms with Gasteiger partial charge in [0.05, 0.1) is 4.90 Å². The lowest BCUT2D eigenvalue weighted by atomic mass is 10.0. The zero-order valence-electron chi connectivity index (χ0n) is 13.1. The highest BCUT2D eigenvalue weighted by Crippen LogP contribution is 2.20. The van der Waals surface area contributed by atoms with E-state index in [1.54, 1.807) is 12.1 Å². The summed E-state index contributed by atoms with van der Waals surface area (Å²) >= 11 is 0. The molecular weight excluding hydrogens is 314 g/mol. The van der Waals surface area contributed by atoms with Gasteiger partial charge >= 0.3 is 0 Å². The minimum Gasteiger partial charge on any atom is -0.352 e. The van der Waals surface area contributed by atoms with E-state index < -0.39 is 10.0 Å². The van der Waals surface area contributed by atoms with Gasteiger partial charge in [-0.3, -0.25) is 4.79 Å². The predicted octanol–water partition coefficient (Wildman–Crippen LogP) is 0.810. The van der Waals surface area contributed by atoms with Crippen LogP contribution in [-0.4, -0.2) is 51.4 Å². The highest BCUT2D eigenvalue weighted by molar-refractivity contribution is 7.89. The van der Waals surface area contributed by atoms with Crippen LogP contribution in [0.25, 0.3) is 0 Å². The summed E-state index contributed by atoms with van der Waals surface area (Å²) < 4.78 is 26.6. The van der Waals surface area contributed by atoms with Gasteiger partial charge in [0.1, 0.15) is 0 Å². The van der Waals surface area contributed by atoms with Crippen LogP contribution in [0.15, 0.2) is 29.2 Å². The molecule has 0 bridgehead atoms. The summed E-state index contributed by atoms with van der Waals surface area (Å²) in [5.74, 6) is 0.344. The van der Waals surface area contributed by atoms with Gasteiger partial charge in [0.25, 0.3) is 5.91 Å². The molecule has 23 heavy (non-hydrogen) atoms. The Morgan fingerprint density at radius 1 is 1.13 bits per heavy atom. The van der Waals surface area contributed by atoms with Crippen molar-refractivity contribution in [2.45, 2.75) is 24.2 Å². The van der Waals surface area contributed by atoms with Crippen LogP contribution in [0.5, 0.6) is 0 Å². The molecule has 1 aromatic rings. The maximum atomic E-state index is 12.5. The van der Waals surface area contributed by atoms with E-state index in [2.05, 4.69) is 10.6 Å². The fraction of sp³-hybridized carbons (Fsp3) is 0.562. The third kappa shape index (κ3) is 3.73. The molecule has 3 rings (SSSR count). The lowest BCUT2D eigenvalue weighted by Crippen LogP contribution is -2.48. The first-order valence-corrected chi connectivity index (χ1v) is 9.60. The number of hydrogen-bond acceptors (Lipinski definition) is 4. The molecule has 0 aromatic heterocycles. The van der Waals surface area contributed by atoms with Crippen LogP contribution in [0.1, 0.15) is 29.6 Å². The van der Waals surface area contributed by atoms with E-state index in [4.69, 9.17) is 0 Å². The number of benzene rings is 1. The molecule has 0 aliphatic carbocycles. The fourth-order valence-corrected chi connectivity index (χ4v) is 4.38. The molecule has 0 atom stereocenters. The number of nitrogens with zero attached hydrogens (tertiary/aromatic N) is 1. The molecule has 2 aliphatic rings. The van der Waals surface area contributed by atoms with E-state index >= 15 is 0 Å². The van der Waals surface area contributed by atoms with Crippen molar-refractivity contribution in [1.29, 1.82) is 0 Å². The SMILES string of the molecule is O=C(NCC1CNC1)c1ccc(S(=O)(=O)N2CCCCC2)cc1. The Morgan fingerprint density at radius 3 is 2.35 bits per heavy atom. The predicted molar refractivity (Wildman–Crippen MR) is 87.7 cm³/mol. The van der Waals surface area contributed by atoms with Gasteiger partial charge in [-0.1, -0.05) is 6.42 Å². The summed E-state index contributed by atoms with van der Waals surface area (Å²) in [7, 11) is -3.43. The first kappa shape index (κ1) is 16.4. The summed E-state index contributed by atoms with van der Waals surface area (Å²) in [4.78, 5) is 12.3. The van der Waals surface area contributed by atoms with Crippen molar-refractivity contribution in [3.05, 3.63) is 29.8 Å². The maximum absolute atomic E-state index is 12.5. The van der Waals surface area contributed by atoms with Crippen LogP contribution >= 0.6 is 0 Å². The molecule has 7 heteroatoms. The first-order chi connectivity index (χ1) is 11.1. The molecule has 0 unspecified atom stereocenters. The lowest BCUT2D eigenvalue weighted by molar-refractivity contribution is 0.0942. The molecule has 2 aliphatic heterocycles. The Morgan fingerprint density at radius 2 is 1.78 bits per heavy atom. The normalized spacial score (nSPS) is 20.0. The number of amides is 1. The van der Waals surface area contributed by atoms with Crippen molar-refractivity contribution in [2.24, 2.45) is 5.92 Å². The summed E-state index contributed by atoms with van der Waals surface area (Å²) in [5, 5.41) is 6.04. The van der Waals surface area contributed by atoms with Gasteiger partial charge in [-0.15, -0.1) is 0 Å². The third-order valence-electron chi connectivity index (χ3n) is 4.49. The maximum Gasteiger partial charge on any atom is 0.251 e. The van der Waals surface area contributed by atoms with Crippen molar-refractivity contribution in [3.8, 4) is 0 Å². The van der Waals surface area contributed by atoms with E-state index in [0.717, 1.165) is 32.4 Å². The summed E-state index contributed by atoms with van der Waals surface area (Å²) in [6.07, 6.45) is 2.91. The minimum atomic E-state index is -3.43. The zero-order valence-corrected chi connectivity index (χ0v) is 13.9. The Labute approximate surface area is 137 Å². The van der Waals surface area contributed by atoms with E-state index in [9.17, 15) is 13.2 Å². The molecule has 2 N–H and O–H groups in total. The highest BCUT2D eigenvalue weighted by atomic mass is 32.2. The molecule has 2 heterocycles. The molecule has 0 saturated carbocycles. The molecule has 0 radical (unpaired) electrons. The number of carbonyl (C=O) groups excluding carboxylic acids is 1. The average molecular weight is 337 g/mol. The van der Waals surface area contributed by atoms with Crippen molar-refractivity contribution in [1.82, 2.24) is 14.9 Å². The molecule has 2 saturated heterocycles. The number of nitrogens with one attached hydrogen (secondary N) is 2. The second kappa shape index (κ2) is 6.98. The van der Waals surface area contributed by atoms with Gasteiger partial charge in [0.2, 0.25) is 10.0 Å². The average Bonchev–Trinajstić information content (AvgIpc) is 2.54. The Kier molecular flexibility index (Phi) is 4.99. The number of hydrogen-bond donors (Lipinski definition) is 2. The Bertz CT molecular complexity index is 648. The third-order valence-corrected chi connectivity index (χ3v) is 6.40. The van der Waals surface area contributed by atoms with Crippen LogP contribution in [0.2, 0.25) is 0 Å². The van der Waals surface area contributed by atoms with Gasteiger partial charge in [-0.25, -0.2) is 8.42 Å². The monoisotopic (exact) mass is 337 g/mol. The fourth-order valence-electron chi connectivity index (χ4n) is 2.86.